The SMILES string of the molecule is Cc1cc(Br)ccc1CN1CCNCC1=O. The molecular weight excluding hydrogens is 268 g/mol. The molecule has 1 heterocycles. The molecular formula is C12H15BrN2O. The van der Waals surface area contributed by atoms with E-state index in [1.807, 2.05) is 11.0 Å². The summed E-state index contributed by atoms with van der Waals surface area (Å²) in [5, 5.41) is 3.08. The molecule has 1 aliphatic heterocycles. The van der Waals surface area contributed by atoms with Crippen LogP contribution in [0.15, 0.2) is 22.7 Å². The smallest absolute Gasteiger partial charge is 0.236 e. The Balaban J connectivity index is 2.10. The molecule has 1 aliphatic rings. The third-order valence-electron chi connectivity index (χ3n) is 2.85. The Morgan fingerprint density at radius 3 is 3.00 bits per heavy atom. The summed E-state index contributed by atoms with van der Waals surface area (Å²) in [7, 11) is 0. The molecule has 1 saturated heterocycles. The monoisotopic (exact) mass is 282 g/mol. The molecule has 0 atom stereocenters. The van der Waals surface area contributed by atoms with Crippen LogP contribution in [0.4, 0.5) is 0 Å². The number of carbonyl (C=O) groups is 1. The maximum atomic E-state index is 11.6. The van der Waals surface area contributed by atoms with Crippen LogP contribution in [0.2, 0.25) is 0 Å². The zero-order valence-corrected chi connectivity index (χ0v) is 10.9. The first-order chi connectivity index (χ1) is 7.66. The van der Waals surface area contributed by atoms with Crippen LogP contribution >= 0.6 is 15.9 Å². The van der Waals surface area contributed by atoms with Gasteiger partial charge in [0.05, 0.1) is 6.54 Å². The number of benzene rings is 1. The molecule has 1 N–H and O–H groups in total. The molecule has 0 aromatic heterocycles. The Morgan fingerprint density at radius 1 is 1.50 bits per heavy atom. The number of aryl methyl sites for hydroxylation is 1. The molecule has 2 rings (SSSR count). The van der Waals surface area contributed by atoms with Crippen molar-refractivity contribution < 1.29 is 4.79 Å². The third kappa shape index (κ3) is 2.62. The molecule has 86 valence electrons. The van der Waals surface area contributed by atoms with Crippen LogP contribution in [-0.2, 0) is 11.3 Å². The number of carbonyl (C=O) groups excluding carboxylic acids is 1. The third-order valence-corrected chi connectivity index (χ3v) is 3.35. The number of rotatable bonds is 2. The average molecular weight is 283 g/mol. The summed E-state index contributed by atoms with van der Waals surface area (Å²) in [4.78, 5) is 13.5. The maximum Gasteiger partial charge on any atom is 0.236 e. The summed E-state index contributed by atoms with van der Waals surface area (Å²) in [5.41, 5.74) is 2.44. The molecule has 0 unspecified atom stereocenters. The van der Waals surface area contributed by atoms with Crippen LogP contribution in [0.1, 0.15) is 11.1 Å². The van der Waals surface area contributed by atoms with Gasteiger partial charge in [0.25, 0.3) is 0 Å². The second kappa shape index (κ2) is 4.97. The van der Waals surface area contributed by atoms with Gasteiger partial charge in [-0.3, -0.25) is 4.79 Å². The summed E-state index contributed by atoms with van der Waals surface area (Å²) >= 11 is 3.44. The molecule has 4 heteroatoms. The normalized spacial score (nSPS) is 16.6. The van der Waals surface area contributed by atoms with Gasteiger partial charge in [0.2, 0.25) is 5.91 Å². The van der Waals surface area contributed by atoms with Crippen LogP contribution in [0.3, 0.4) is 0 Å². The Kier molecular flexibility index (Phi) is 3.61. The predicted molar refractivity (Wildman–Crippen MR) is 67.2 cm³/mol. The van der Waals surface area contributed by atoms with Gasteiger partial charge in [-0.25, -0.2) is 0 Å². The molecule has 3 nitrogen and oxygen atoms in total. The van der Waals surface area contributed by atoms with Gasteiger partial charge in [-0.05, 0) is 30.2 Å². The van der Waals surface area contributed by atoms with Crippen LogP contribution in [0.25, 0.3) is 0 Å². The average Bonchev–Trinajstić information content (AvgIpc) is 2.25. The van der Waals surface area contributed by atoms with Crippen molar-refractivity contribution in [3.05, 3.63) is 33.8 Å². The van der Waals surface area contributed by atoms with Crippen molar-refractivity contribution in [1.29, 1.82) is 0 Å². The van der Waals surface area contributed by atoms with Gasteiger partial charge in [0, 0.05) is 24.1 Å². The summed E-state index contributed by atoms with van der Waals surface area (Å²) < 4.78 is 1.08. The van der Waals surface area contributed by atoms with E-state index in [0.29, 0.717) is 6.54 Å². The number of nitrogens with zero attached hydrogens (tertiary/aromatic N) is 1. The van der Waals surface area contributed by atoms with Crippen molar-refractivity contribution >= 4 is 21.8 Å². The molecule has 0 saturated carbocycles. The zero-order chi connectivity index (χ0) is 11.5. The van der Waals surface area contributed by atoms with Gasteiger partial charge < -0.3 is 10.2 Å². The van der Waals surface area contributed by atoms with E-state index < -0.39 is 0 Å². The fraction of sp³-hybridized carbons (Fsp3) is 0.417. The molecule has 1 aromatic rings. The quantitative estimate of drug-likeness (QED) is 0.896. The number of piperazine rings is 1. The summed E-state index contributed by atoms with van der Waals surface area (Å²) in [6, 6.07) is 6.19. The van der Waals surface area contributed by atoms with E-state index in [1.165, 1.54) is 11.1 Å². The lowest BCUT2D eigenvalue weighted by atomic mass is 10.1. The number of hydrogen-bond acceptors (Lipinski definition) is 2. The molecule has 16 heavy (non-hydrogen) atoms. The first kappa shape index (κ1) is 11.6. The Bertz CT molecular complexity index is 406. The van der Waals surface area contributed by atoms with Gasteiger partial charge in [0.15, 0.2) is 0 Å². The highest BCUT2D eigenvalue weighted by molar-refractivity contribution is 9.10. The highest BCUT2D eigenvalue weighted by Crippen LogP contribution is 2.17. The topological polar surface area (TPSA) is 32.3 Å². The van der Waals surface area contributed by atoms with Crippen LogP contribution in [-0.4, -0.2) is 30.4 Å². The van der Waals surface area contributed by atoms with Crippen molar-refractivity contribution in [2.24, 2.45) is 0 Å². The van der Waals surface area contributed by atoms with E-state index >= 15 is 0 Å². The molecule has 0 spiro atoms. The van der Waals surface area contributed by atoms with Crippen molar-refractivity contribution in [1.82, 2.24) is 10.2 Å². The minimum Gasteiger partial charge on any atom is -0.336 e. The highest BCUT2D eigenvalue weighted by atomic mass is 79.9. The van der Waals surface area contributed by atoms with Crippen molar-refractivity contribution in [2.75, 3.05) is 19.6 Å². The van der Waals surface area contributed by atoms with Crippen LogP contribution in [0.5, 0.6) is 0 Å². The van der Waals surface area contributed by atoms with Crippen molar-refractivity contribution in [3.8, 4) is 0 Å². The number of hydrogen-bond donors (Lipinski definition) is 1. The summed E-state index contributed by atoms with van der Waals surface area (Å²) in [6.07, 6.45) is 0. The minimum absolute atomic E-state index is 0.188. The highest BCUT2D eigenvalue weighted by Gasteiger charge is 2.17. The molecule has 0 bridgehead atoms. The van der Waals surface area contributed by atoms with Crippen molar-refractivity contribution in [2.45, 2.75) is 13.5 Å². The molecule has 1 amide bonds. The fourth-order valence-electron chi connectivity index (χ4n) is 1.86. The number of nitrogens with one attached hydrogen (secondary N) is 1. The lowest BCUT2D eigenvalue weighted by molar-refractivity contribution is -0.132. The lowest BCUT2D eigenvalue weighted by Crippen LogP contribution is -2.47. The van der Waals surface area contributed by atoms with Gasteiger partial charge in [-0.1, -0.05) is 22.0 Å². The second-order valence-corrected chi connectivity index (χ2v) is 4.98. The van der Waals surface area contributed by atoms with E-state index in [2.05, 4.69) is 40.3 Å². The first-order valence-corrected chi connectivity index (χ1v) is 6.19. The van der Waals surface area contributed by atoms with Crippen LogP contribution < -0.4 is 5.32 Å². The largest absolute Gasteiger partial charge is 0.336 e. The van der Waals surface area contributed by atoms with Gasteiger partial charge in [-0.15, -0.1) is 0 Å². The Morgan fingerprint density at radius 2 is 2.31 bits per heavy atom. The molecule has 0 radical (unpaired) electrons. The lowest BCUT2D eigenvalue weighted by Gasteiger charge is -2.28. The minimum atomic E-state index is 0.188. The van der Waals surface area contributed by atoms with Gasteiger partial charge >= 0.3 is 0 Å². The standard InChI is InChI=1S/C12H15BrN2O/c1-9-6-11(13)3-2-10(9)8-15-5-4-14-7-12(15)16/h2-3,6,14H,4-5,7-8H2,1H3. The Labute approximate surface area is 104 Å². The summed E-state index contributed by atoms with van der Waals surface area (Å²) in [6.45, 7) is 4.96. The molecule has 1 aromatic carbocycles. The van der Waals surface area contributed by atoms with E-state index in [9.17, 15) is 4.79 Å². The maximum absolute atomic E-state index is 11.6. The fourth-order valence-corrected chi connectivity index (χ4v) is 2.33. The summed E-state index contributed by atoms with van der Waals surface area (Å²) in [5.74, 6) is 0.188. The predicted octanol–water partition coefficient (Wildman–Crippen LogP) is 1.69. The van der Waals surface area contributed by atoms with E-state index in [0.717, 1.165) is 24.1 Å². The van der Waals surface area contributed by atoms with E-state index in [-0.39, 0.29) is 5.91 Å². The van der Waals surface area contributed by atoms with Crippen molar-refractivity contribution in [3.63, 3.8) is 0 Å². The second-order valence-electron chi connectivity index (χ2n) is 4.06. The van der Waals surface area contributed by atoms with Crippen LogP contribution in [0, 0.1) is 6.92 Å². The number of halogens is 1. The van der Waals surface area contributed by atoms with E-state index in [4.69, 9.17) is 0 Å². The van der Waals surface area contributed by atoms with Gasteiger partial charge in [0.1, 0.15) is 0 Å². The first-order valence-electron chi connectivity index (χ1n) is 5.40. The number of amides is 1. The zero-order valence-electron chi connectivity index (χ0n) is 9.29. The van der Waals surface area contributed by atoms with E-state index in [1.54, 1.807) is 0 Å². The molecule has 1 fully saturated rings. The molecule has 0 aliphatic carbocycles. The van der Waals surface area contributed by atoms with Gasteiger partial charge in [-0.2, -0.15) is 0 Å². The Hall–Kier alpha value is -0.870.